The van der Waals surface area contributed by atoms with E-state index < -0.39 is 11.7 Å². The molecule has 0 unspecified atom stereocenters. The zero-order valence-electron chi connectivity index (χ0n) is 8.51. The van der Waals surface area contributed by atoms with Crippen LogP contribution >= 0.6 is 0 Å². The molecule has 0 spiro atoms. The molecule has 0 fully saturated rings. The molecular formula is C12H9F3O. The van der Waals surface area contributed by atoms with Gasteiger partial charge in [-0.25, -0.2) is 0 Å². The first-order chi connectivity index (χ1) is 7.47. The van der Waals surface area contributed by atoms with Crippen LogP contribution in [0.15, 0.2) is 41.0 Å². The molecule has 1 heterocycles. The Bertz CT molecular complexity index is 483. The van der Waals surface area contributed by atoms with Crippen LogP contribution in [-0.2, 0) is 6.18 Å². The van der Waals surface area contributed by atoms with Gasteiger partial charge >= 0.3 is 6.18 Å². The second-order valence-corrected chi connectivity index (χ2v) is 3.56. The summed E-state index contributed by atoms with van der Waals surface area (Å²) in [5.41, 5.74) is 0.345. The Morgan fingerprint density at radius 1 is 1.12 bits per heavy atom. The van der Waals surface area contributed by atoms with Crippen molar-refractivity contribution in [2.75, 3.05) is 0 Å². The van der Waals surface area contributed by atoms with Gasteiger partial charge in [0.25, 0.3) is 0 Å². The van der Waals surface area contributed by atoms with Crippen LogP contribution in [0.1, 0.15) is 11.1 Å². The van der Waals surface area contributed by atoms with E-state index in [2.05, 4.69) is 0 Å². The van der Waals surface area contributed by atoms with E-state index in [0.717, 1.165) is 12.1 Å². The lowest BCUT2D eigenvalue weighted by Gasteiger charge is -2.09. The van der Waals surface area contributed by atoms with E-state index in [4.69, 9.17) is 4.42 Å². The van der Waals surface area contributed by atoms with Crippen LogP contribution in [0.3, 0.4) is 0 Å². The van der Waals surface area contributed by atoms with Gasteiger partial charge in [-0.15, -0.1) is 0 Å². The fourth-order valence-corrected chi connectivity index (χ4v) is 1.53. The first-order valence-electron chi connectivity index (χ1n) is 4.69. The van der Waals surface area contributed by atoms with Crippen LogP contribution in [0.25, 0.3) is 11.3 Å². The second-order valence-electron chi connectivity index (χ2n) is 3.56. The standard InChI is InChI=1S/C12H9F3O/c1-8-5-9(11-3-2-4-16-11)7-10(6-8)12(13,14)15/h2-7H,1H3. The van der Waals surface area contributed by atoms with E-state index in [1.165, 1.54) is 6.26 Å². The topological polar surface area (TPSA) is 13.1 Å². The van der Waals surface area contributed by atoms with Crippen LogP contribution in [0.5, 0.6) is 0 Å². The summed E-state index contributed by atoms with van der Waals surface area (Å²) >= 11 is 0. The van der Waals surface area contributed by atoms with E-state index in [1.54, 1.807) is 25.1 Å². The first kappa shape index (κ1) is 10.8. The number of furan rings is 1. The lowest BCUT2D eigenvalue weighted by atomic mass is 10.0. The average Bonchev–Trinajstić information content (AvgIpc) is 2.68. The van der Waals surface area contributed by atoms with E-state index in [9.17, 15) is 13.2 Å². The molecule has 0 amide bonds. The van der Waals surface area contributed by atoms with Crippen molar-refractivity contribution in [1.82, 2.24) is 0 Å². The van der Waals surface area contributed by atoms with Gasteiger partial charge in [-0.1, -0.05) is 0 Å². The lowest BCUT2D eigenvalue weighted by molar-refractivity contribution is -0.137. The molecule has 2 rings (SSSR count). The van der Waals surface area contributed by atoms with Gasteiger partial charge in [0, 0.05) is 5.56 Å². The van der Waals surface area contributed by atoms with Crippen LogP contribution in [0.4, 0.5) is 13.2 Å². The number of aryl methyl sites for hydroxylation is 1. The highest BCUT2D eigenvalue weighted by Gasteiger charge is 2.31. The van der Waals surface area contributed by atoms with Crippen molar-refractivity contribution >= 4 is 0 Å². The molecule has 0 aliphatic rings. The summed E-state index contributed by atoms with van der Waals surface area (Å²) in [6.45, 7) is 1.63. The Hall–Kier alpha value is -1.71. The maximum Gasteiger partial charge on any atom is 0.416 e. The van der Waals surface area contributed by atoms with Crippen molar-refractivity contribution < 1.29 is 17.6 Å². The smallest absolute Gasteiger partial charge is 0.416 e. The molecule has 0 bridgehead atoms. The summed E-state index contributed by atoms with van der Waals surface area (Å²) in [6.07, 6.45) is -2.89. The summed E-state index contributed by atoms with van der Waals surface area (Å²) in [6, 6.07) is 7.15. The Kier molecular flexibility index (Phi) is 2.50. The van der Waals surface area contributed by atoms with Crippen molar-refractivity contribution in [3.05, 3.63) is 47.7 Å². The zero-order valence-corrected chi connectivity index (χ0v) is 8.51. The lowest BCUT2D eigenvalue weighted by Crippen LogP contribution is -2.05. The van der Waals surface area contributed by atoms with E-state index >= 15 is 0 Å². The van der Waals surface area contributed by atoms with Crippen LogP contribution in [0.2, 0.25) is 0 Å². The molecule has 0 atom stereocenters. The summed E-state index contributed by atoms with van der Waals surface area (Å²) in [5.74, 6) is 0.439. The van der Waals surface area contributed by atoms with Gasteiger partial charge in [-0.2, -0.15) is 13.2 Å². The summed E-state index contributed by atoms with van der Waals surface area (Å²) in [4.78, 5) is 0. The third-order valence-corrected chi connectivity index (χ3v) is 2.21. The van der Waals surface area contributed by atoms with Crippen LogP contribution < -0.4 is 0 Å². The van der Waals surface area contributed by atoms with Crippen molar-refractivity contribution in [1.29, 1.82) is 0 Å². The van der Waals surface area contributed by atoms with Gasteiger partial charge in [0.2, 0.25) is 0 Å². The third-order valence-electron chi connectivity index (χ3n) is 2.21. The number of halogens is 3. The monoisotopic (exact) mass is 226 g/mol. The summed E-state index contributed by atoms with van der Waals surface area (Å²) in [7, 11) is 0. The highest BCUT2D eigenvalue weighted by atomic mass is 19.4. The fourth-order valence-electron chi connectivity index (χ4n) is 1.53. The minimum atomic E-state index is -4.33. The fraction of sp³-hybridized carbons (Fsp3) is 0.167. The van der Waals surface area contributed by atoms with Crippen molar-refractivity contribution in [3.63, 3.8) is 0 Å². The van der Waals surface area contributed by atoms with Gasteiger partial charge in [0.1, 0.15) is 5.76 Å². The molecule has 0 aliphatic carbocycles. The molecule has 0 saturated heterocycles. The molecule has 0 saturated carbocycles. The van der Waals surface area contributed by atoms with Gasteiger partial charge in [0.05, 0.1) is 11.8 Å². The number of hydrogen-bond donors (Lipinski definition) is 0. The summed E-state index contributed by atoms with van der Waals surface area (Å²) in [5, 5.41) is 0. The molecule has 16 heavy (non-hydrogen) atoms. The van der Waals surface area contributed by atoms with Crippen LogP contribution in [0, 0.1) is 6.92 Å². The predicted molar refractivity (Wildman–Crippen MR) is 53.9 cm³/mol. The Morgan fingerprint density at radius 2 is 1.88 bits per heavy atom. The predicted octanol–water partition coefficient (Wildman–Crippen LogP) is 4.27. The summed E-state index contributed by atoms with van der Waals surface area (Å²) < 4.78 is 42.8. The van der Waals surface area contributed by atoms with Crippen LogP contribution in [-0.4, -0.2) is 0 Å². The van der Waals surface area contributed by atoms with Gasteiger partial charge < -0.3 is 4.42 Å². The van der Waals surface area contributed by atoms with Crippen molar-refractivity contribution in [2.45, 2.75) is 13.1 Å². The number of alkyl halides is 3. The van der Waals surface area contributed by atoms with Gasteiger partial charge in [-0.3, -0.25) is 0 Å². The highest BCUT2D eigenvalue weighted by Crippen LogP contribution is 2.33. The van der Waals surface area contributed by atoms with Crippen molar-refractivity contribution in [3.8, 4) is 11.3 Å². The van der Waals surface area contributed by atoms with E-state index in [1.807, 2.05) is 0 Å². The minimum Gasteiger partial charge on any atom is -0.464 e. The minimum absolute atomic E-state index is 0.439. The molecule has 2 aromatic rings. The van der Waals surface area contributed by atoms with E-state index in [0.29, 0.717) is 16.9 Å². The Labute approximate surface area is 90.5 Å². The SMILES string of the molecule is Cc1cc(-c2ccco2)cc(C(F)(F)F)c1. The Balaban J connectivity index is 2.53. The maximum atomic E-state index is 12.6. The normalized spacial score (nSPS) is 11.8. The maximum absolute atomic E-state index is 12.6. The molecule has 84 valence electrons. The average molecular weight is 226 g/mol. The molecule has 0 N–H and O–H groups in total. The van der Waals surface area contributed by atoms with Crippen molar-refractivity contribution in [2.24, 2.45) is 0 Å². The molecular weight excluding hydrogens is 217 g/mol. The quantitative estimate of drug-likeness (QED) is 0.707. The largest absolute Gasteiger partial charge is 0.464 e. The van der Waals surface area contributed by atoms with Gasteiger partial charge in [0.15, 0.2) is 0 Å². The first-order valence-corrected chi connectivity index (χ1v) is 4.69. The second kappa shape index (κ2) is 3.70. The number of hydrogen-bond acceptors (Lipinski definition) is 1. The Morgan fingerprint density at radius 3 is 2.44 bits per heavy atom. The molecule has 0 radical (unpaired) electrons. The van der Waals surface area contributed by atoms with Gasteiger partial charge in [-0.05, 0) is 42.8 Å². The molecule has 4 heteroatoms. The highest BCUT2D eigenvalue weighted by molar-refractivity contribution is 5.59. The molecule has 1 nitrogen and oxygen atoms in total. The molecule has 0 aliphatic heterocycles. The number of rotatable bonds is 1. The number of benzene rings is 1. The third kappa shape index (κ3) is 2.10. The molecule has 1 aromatic carbocycles. The molecule has 1 aromatic heterocycles. The zero-order chi connectivity index (χ0) is 11.8. The van der Waals surface area contributed by atoms with E-state index in [-0.39, 0.29) is 0 Å².